The fraction of sp³-hybridized carbons (Fsp3) is 0.0625. The van der Waals surface area contributed by atoms with Crippen LogP contribution >= 0.6 is 23.1 Å². The molecule has 4 nitrogen and oxygen atoms in total. The second kappa shape index (κ2) is 7.50. The minimum Gasteiger partial charge on any atom is -0.323 e. The standard InChI is InChI=1S/C16H11F2N3OS2/c17-10-3-4-12(11(18)8-10)19-15(22)9-24-16-6-5-13(20-21-16)14-2-1-7-23-14/h1-8H,9H2,(H,19,22). The molecule has 0 atom stereocenters. The van der Waals surface area contributed by atoms with E-state index in [4.69, 9.17) is 0 Å². The molecule has 0 spiro atoms. The van der Waals surface area contributed by atoms with Crippen molar-refractivity contribution in [3.8, 4) is 10.6 Å². The highest BCUT2D eigenvalue weighted by atomic mass is 32.2. The number of hydrogen-bond donors (Lipinski definition) is 1. The van der Waals surface area contributed by atoms with E-state index in [1.807, 2.05) is 23.6 Å². The molecule has 0 radical (unpaired) electrons. The van der Waals surface area contributed by atoms with Gasteiger partial charge in [-0.15, -0.1) is 21.5 Å². The van der Waals surface area contributed by atoms with Gasteiger partial charge in [0.15, 0.2) is 0 Å². The number of nitrogens with zero attached hydrogens (tertiary/aromatic N) is 2. The number of aromatic nitrogens is 2. The van der Waals surface area contributed by atoms with Crippen LogP contribution in [-0.4, -0.2) is 21.9 Å². The Hall–Kier alpha value is -2.32. The molecular formula is C16H11F2N3OS2. The summed E-state index contributed by atoms with van der Waals surface area (Å²) in [6, 6.07) is 10.5. The van der Waals surface area contributed by atoms with Crippen LogP contribution in [0.15, 0.2) is 52.9 Å². The quantitative estimate of drug-likeness (QED) is 0.690. The van der Waals surface area contributed by atoms with Gasteiger partial charge >= 0.3 is 0 Å². The van der Waals surface area contributed by atoms with Crippen LogP contribution in [0, 0.1) is 11.6 Å². The summed E-state index contributed by atoms with van der Waals surface area (Å²) in [5.41, 5.74) is 0.716. The number of thioether (sulfide) groups is 1. The SMILES string of the molecule is O=C(CSc1ccc(-c2cccs2)nn1)Nc1ccc(F)cc1F. The number of benzene rings is 1. The largest absolute Gasteiger partial charge is 0.323 e. The number of thiophene rings is 1. The van der Waals surface area contributed by atoms with Gasteiger partial charge in [0, 0.05) is 6.07 Å². The Morgan fingerprint density at radius 3 is 2.71 bits per heavy atom. The Labute approximate surface area is 144 Å². The molecule has 0 fully saturated rings. The Morgan fingerprint density at radius 1 is 1.17 bits per heavy atom. The van der Waals surface area contributed by atoms with Crippen LogP contribution in [-0.2, 0) is 4.79 Å². The van der Waals surface area contributed by atoms with Gasteiger partial charge in [0.1, 0.15) is 22.4 Å². The highest BCUT2D eigenvalue weighted by molar-refractivity contribution is 7.99. The molecule has 0 aliphatic carbocycles. The third-order valence-corrected chi connectivity index (χ3v) is 4.78. The Morgan fingerprint density at radius 2 is 2.04 bits per heavy atom. The van der Waals surface area contributed by atoms with Crippen LogP contribution in [0.25, 0.3) is 10.6 Å². The van der Waals surface area contributed by atoms with Gasteiger partial charge in [0.25, 0.3) is 0 Å². The normalized spacial score (nSPS) is 10.6. The lowest BCUT2D eigenvalue weighted by atomic mass is 10.3. The maximum absolute atomic E-state index is 13.5. The third-order valence-electron chi connectivity index (χ3n) is 2.97. The lowest BCUT2D eigenvalue weighted by Crippen LogP contribution is -2.15. The van der Waals surface area contributed by atoms with Crippen LogP contribution in [0.3, 0.4) is 0 Å². The summed E-state index contributed by atoms with van der Waals surface area (Å²) >= 11 is 2.75. The Kier molecular flexibility index (Phi) is 5.17. The van der Waals surface area contributed by atoms with Crippen molar-refractivity contribution in [1.29, 1.82) is 0 Å². The van der Waals surface area contributed by atoms with E-state index in [2.05, 4.69) is 15.5 Å². The summed E-state index contributed by atoms with van der Waals surface area (Å²) < 4.78 is 26.3. The van der Waals surface area contributed by atoms with Crippen molar-refractivity contribution < 1.29 is 13.6 Å². The second-order valence-corrected chi connectivity index (χ2v) is 6.64. The van der Waals surface area contributed by atoms with E-state index < -0.39 is 17.5 Å². The first-order chi connectivity index (χ1) is 11.6. The van der Waals surface area contributed by atoms with Gasteiger partial charge in [-0.05, 0) is 35.7 Å². The molecule has 2 heterocycles. The molecule has 0 aliphatic rings. The summed E-state index contributed by atoms with van der Waals surface area (Å²) in [5, 5.41) is 13.1. The summed E-state index contributed by atoms with van der Waals surface area (Å²) in [7, 11) is 0. The van der Waals surface area contributed by atoms with E-state index in [9.17, 15) is 13.6 Å². The van der Waals surface area contributed by atoms with Gasteiger partial charge in [-0.25, -0.2) is 8.78 Å². The summed E-state index contributed by atoms with van der Waals surface area (Å²) in [4.78, 5) is 12.9. The molecular weight excluding hydrogens is 352 g/mol. The Balaban J connectivity index is 1.56. The van der Waals surface area contributed by atoms with Crippen LogP contribution in [0.5, 0.6) is 0 Å². The van der Waals surface area contributed by atoms with Crippen LogP contribution in [0.2, 0.25) is 0 Å². The van der Waals surface area contributed by atoms with Gasteiger partial charge in [-0.3, -0.25) is 4.79 Å². The number of rotatable bonds is 5. The molecule has 1 aromatic carbocycles. The maximum Gasteiger partial charge on any atom is 0.234 e. The van der Waals surface area contributed by atoms with E-state index in [1.165, 1.54) is 17.8 Å². The van der Waals surface area contributed by atoms with Crippen LogP contribution < -0.4 is 5.32 Å². The number of halogens is 2. The van der Waals surface area contributed by atoms with Crippen molar-refractivity contribution in [1.82, 2.24) is 10.2 Å². The molecule has 8 heteroatoms. The molecule has 122 valence electrons. The number of amides is 1. The van der Waals surface area contributed by atoms with E-state index in [1.54, 1.807) is 17.4 Å². The zero-order valence-corrected chi connectivity index (χ0v) is 13.8. The van der Waals surface area contributed by atoms with E-state index in [0.717, 1.165) is 22.7 Å². The smallest absolute Gasteiger partial charge is 0.234 e. The predicted octanol–water partition coefficient (Wildman–Crippen LogP) is 4.21. The van der Waals surface area contributed by atoms with Gasteiger partial charge in [-0.2, -0.15) is 0 Å². The molecule has 0 saturated heterocycles. The van der Waals surface area contributed by atoms with Gasteiger partial charge in [0.2, 0.25) is 5.91 Å². The lowest BCUT2D eigenvalue weighted by molar-refractivity contribution is -0.113. The zero-order valence-electron chi connectivity index (χ0n) is 12.2. The lowest BCUT2D eigenvalue weighted by Gasteiger charge is -2.06. The Bertz CT molecular complexity index is 839. The number of nitrogens with one attached hydrogen (secondary N) is 1. The fourth-order valence-corrected chi connectivity index (χ4v) is 3.17. The summed E-state index contributed by atoms with van der Waals surface area (Å²) in [6.45, 7) is 0. The van der Waals surface area contributed by atoms with Crippen molar-refractivity contribution >= 4 is 34.7 Å². The molecule has 0 saturated carbocycles. The number of carbonyl (C=O) groups excluding carboxylic acids is 1. The molecule has 3 rings (SSSR count). The molecule has 24 heavy (non-hydrogen) atoms. The maximum atomic E-state index is 13.5. The van der Waals surface area contributed by atoms with Crippen LogP contribution in [0.1, 0.15) is 0 Å². The molecule has 3 aromatic rings. The average Bonchev–Trinajstić information content (AvgIpc) is 3.11. The van der Waals surface area contributed by atoms with Crippen molar-refractivity contribution in [2.24, 2.45) is 0 Å². The van der Waals surface area contributed by atoms with Crippen molar-refractivity contribution in [3.63, 3.8) is 0 Å². The summed E-state index contributed by atoms with van der Waals surface area (Å²) in [6.07, 6.45) is 0. The monoisotopic (exact) mass is 363 g/mol. The van der Waals surface area contributed by atoms with E-state index in [-0.39, 0.29) is 11.4 Å². The number of anilines is 1. The topological polar surface area (TPSA) is 54.9 Å². The van der Waals surface area contributed by atoms with E-state index >= 15 is 0 Å². The van der Waals surface area contributed by atoms with Gasteiger partial charge in [-0.1, -0.05) is 17.8 Å². The first-order valence-corrected chi connectivity index (χ1v) is 8.73. The average molecular weight is 363 g/mol. The highest BCUT2D eigenvalue weighted by Crippen LogP contribution is 2.24. The highest BCUT2D eigenvalue weighted by Gasteiger charge is 2.09. The minimum absolute atomic E-state index is 0.0455. The molecule has 2 aromatic heterocycles. The van der Waals surface area contributed by atoms with Gasteiger partial charge in [0.05, 0.1) is 16.3 Å². The molecule has 0 unspecified atom stereocenters. The number of hydrogen-bond acceptors (Lipinski definition) is 5. The van der Waals surface area contributed by atoms with Crippen molar-refractivity contribution in [3.05, 3.63) is 59.5 Å². The summed E-state index contributed by atoms with van der Waals surface area (Å²) in [5.74, 6) is -1.87. The first kappa shape index (κ1) is 16.5. The molecule has 0 bridgehead atoms. The van der Waals surface area contributed by atoms with Gasteiger partial charge < -0.3 is 5.32 Å². The van der Waals surface area contributed by atoms with Crippen molar-refractivity contribution in [2.75, 3.05) is 11.1 Å². The molecule has 0 aliphatic heterocycles. The number of carbonyl (C=O) groups is 1. The zero-order chi connectivity index (χ0) is 16.9. The van der Waals surface area contributed by atoms with Crippen LogP contribution in [0.4, 0.5) is 14.5 Å². The predicted molar refractivity (Wildman–Crippen MR) is 91.1 cm³/mol. The third kappa shape index (κ3) is 4.15. The second-order valence-electron chi connectivity index (χ2n) is 4.70. The van der Waals surface area contributed by atoms with E-state index in [0.29, 0.717) is 5.03 Å². The fourth-order valence-electron chi connectivity index (χ4n) is 1.87. The minimum atomic E-state index is -0.812. The first-order valence-electron chi connectivity index (χ1n) is 6.87. The molecule has 1 N–H and O–H groups in total. The van der Waals surface area contributed by atoms with Crippen molar-refractivity contribution in [2.45, 2.75) is 5.03 Å². The molecule has 1 amide bonds.